The van der Waals surface area contributed by atoms with Gasteiger partial charge >= 0.3 is 12.0 Å². The van der Waals surface area contributed by atoms with E-state index in [0.29, 0.717) is 10.00 Å². The molecule has 2 N–H and O–H groups in total. The van der Waals surface area contributed by atoms with Crippen LogP contribution in [-0.2, 0) is 14.8 Å². The molecule has 0 radical (unpaired) electrons. The van der Waals surface area contributed by atoms with Crippen molar-refractivity contribution in [2.75, 3.05) is 31.0 Å². The highest BCUT2D eigenvalue weighted by molar-refractivity contribution is 7.93. The number of aromatic amines is 1. The molecule has 0 aliphatic carbocycles. The highest BCUT2D eigenvalue weighted by Gasteiger charge is 2.37. The number of nitrogens with zero attached hydrogens (tertiary/aromatic N) is 5. The van der Waals surface area contributed by atoms with Gasteiger partial charge in [0.1, 0.15) is 5.56 Å². The van der Waals surface area contributed by atoms with Crippen LogP contribution in [-0.4, -0.2) is 66.9 Å². The second kappa shape index (κ2) is 9.47. The van der Waals surface area contributed by atoms with Crippen molar-refractivity contribution >= 4 is 33.8 Å². The summed E-state index contributed by atoms with van der Waals surface area (Å²) >= 11 is 0. The molecule has 14 nitrogen and oxygen atoms in total. The summed E-state index contributed by atoms with van der Waals surface area (Å²) in [4.78, 5) is 37.3. The molecule has 33 heavy (non-hydrogen) atoms. The number of carbonyl (C=O) groups is 2. The van der Waals surface area contributed by atoms with E-state index in [1.54, 1.807) is 13.0 Å². The molecule has 0 fully saturated rings. The number of hydrogen-bond donors (Lipinski definition) is 2. The van der Waals surface area contributed by atoms with Crippen LogP contribution < -0.4 is 19.1 Å². The fraction of sp³-hybridized carbons (Fsp3) is 0.222. The predicted molar refractivity (Wildman–Crippen MR) is 113 cm³/mol. The van der Waals surface area contributed by atoms with Crippen LogP contribution in [0.2, 0.25) is 0 Å². The highest BCUT2D eigenvalue weighted by Crippen LogP contribution is 2.25. The van der Waals surface area contributed by atoms with Gasteiger partial charge in [0.2, 0.25) is 17.7 Å². The third-order valence-electron chi connectivity index (χ3n) is 4.09. The van der Waals surface area contributed by atoms with E-state index in [0.717, 1.165) is 13.3 Å². The molecule has 174 valence electrons. The van der Waals surface area contributed by atoms with Gasteiger partial charge in [0.25, 0.3) is 10.0 Å². The minimum Gasteiger partial charge on any atom is -0.481 e. The molecule has 15 heteroatoms. The van der Waals surface area contributed by atoms with Crippen LogP contribution in [0.1, 0.15) is 16.1 Å². The number of esters is 1. The number of carbonyl (C=O) groups excluding carboxylic acids is 2. The Morgan fingerprint density at radius 3 is 2.30 bits per heavy atom. The van der Waals surface area contributed by atoms with Gasteiger partial charge < -0.3 is 14.2 Å². The van der Waals surface area contributed by atoms with Gasteiger partial charge in [0.05, 0.1) is 33.6 Å². The second-order valence-corrected chi connectivity index (χ2v) is 7.94. The Morgan fingerprint density at radius 1 is 1.06 bits per heavy atom. The van der Waals surface area contributed by atoms with Crippen LogP contribution in [0.15, 0.2) is 35.5 Å². The maximum atomic E-state index is 13.5. The van der Waals surface area contributed by atoms with Gasteiger partial charge in [-0.25, -0.2) is 14.6 Å². The van der Waals surface area contributed by atoms with Gasteiger partial charge in [-0.2, -0.15) is 27.8 Å². The summed E-state index contributed by atoms with van der Waals surface area (Å²) < 4.78 is 42.0. The van der Waals surface area contributed by atoms with E-state index < -0.39 is 32.6 Å². The zero-order valence-corrected chi connectivity index (χ0v) is 18.7. The Bertz CT molecular complexity index is 1270. The minimum absolute atomic E-state index is 0.0572. The third-order valence-corrected chi connectivity index (χ3v) is 5.75. The first-order valence-corrected chi connectivity index (χ1v) is 10.5. The molecule has 3 aromatic heterocycles. The lowest BCUT2D eigenvalue weighted by atomic mass is 10.4. The summed E-state index contributed by atoms with van der Waals surface area (Å²) in [5, 5.41) is 7.43. The monoisotopic (exact) mass is 477 g/mol. The average molecular weight is 477 g/mol. The smallest absolute Gasteiger partial charge is 0.344 e. The lowest BCUT2D eigenvalue weighted by Gasteiger charge is -2.21. The molecule has 3 rings (SSSR count). The van der Waals surface area contributed by atoms with Crippen molar-refractivity contribution in [1.29, 1.82) is 0 Å². The molecule has 0 saturated heterocycles. The van der Waals surface area contributed by atoms with E-state index in [-0.39, 0.29) is 23.5 Å². The first kappa shape index (κ1) is 23.4. The number of nitrogens with one attached hydrogen (secondary N) is 2. The Morgan fingerprint density at radius 2 is 1.73 bits per heavy atom. The van der Waals surface area contributed by atoms with Crippen LogP contribution in [0, 0.1) is 6.92 Å². The van der Waals surface area contributed by atoms with Crippen molar-refractivity contribution in [2.45, 2.75) is 11.9 Å². The number of ether oxygens (including phenoxy) is 3. The first-order chi connectivity index (χ1) is 15.7. The average Bonchev–Trinajstić information content (AvgIpc) is 3.29. The fourth-order valence-electron chi connectivity index (χ4n) is 2.61. The van der Waals surface area contributed by atoms with Crippen LogP contribution in [0.25, 0.3) is 0 Å². The van der Waals surface area contributed by atoms with Crippen molar-refractivity contribution in [3.63, 3.8) is 0 Å². The van der Waals surface area contributed by atoms with Gasteiger partial charge in [-0.15, -0.1) is 0 Å². The first-order valence-electron chi connectivity index (χ1n) is 9.10. The summed E-state index contributed by atoms with van der Waals surface area (Å²) in [6, 6.07) is 4.57. The third kappa shape index (κ3) is 4.82. The number of hydrogen-bond acceptors (Lipinski definition) is 11. The van der Waals surface area contributed by atoms with Crippen LogP contribution in [0.3, 0.4) is 0 Å². The number of pyridine rings is 1. The number of sulfonamides is 1. The van der Waals surface area contributed by atoms with Gasteiger partial charge in [-0.1, -0.05) is 6.07 Å². The fourth-order valence-corrected chi connectivity index (χ4v) is 3.99. The summed E-state index contributed by atoms with van der Waals surface area (Å²) in [5.41, 5.74) is 0.0276. The van der Waals surface area contributed by atoms with Crippen molar-refractivity contribution in [3.8, 4) is 11.8 Å². The summed E-state index contributed by atoms with van der Waals surface area (Å²) in [7, 11) is -0.986. The molecule has 0 spiro atoms. The van der Waals surface area contributed by atoms with Crippen molar-refractivity contribution in [3.05, 3.63) is 41.7 Å². The Kier molecular flexibility index (Phi) is 6.72. The van der Waals surface area contributed by atoms with Gasteiger partial charge in [-0.05, 0) is 19.1 Å². The number of anilines is 2. The second-order valence-electron chi connectivity index (χ2n) is 6.22. The largest absolute Gasteiger partial charge is 0.481 e. The standard InChI is InChI=1S/C18H19N7O7S/c1-10-6-5-7-12(20-10)25(33(28,29)15-11(9-19-24-15)16(26)32-4)18(27)23-17-21-13(30-2)8-14(22-17)31-3/h5-9H,1-4H3,(H,19,24)(H,21,22,23,27). The van der Waals surface area contributed by atoms with Crippen LogP contribution in [0.5, 0.6) is 11.8 Å². The van der Waals surface area contributed by atoms with Gasteiger partial charge in [0.15, 0.2) is 10.8 Å². The van der Waals surface area contributed by atoms with Crippen molar-refractivity contribution in [2.24, 2.45) is 0 Å². The number of rotatable bonds is 7. The van der Waals surface area contributed by atoms with Crippen molar-refractivity contribution < 1.29 is 32.2 Å². The molecule has 0 aliphatic rings. The molecule has 0 atom stereocenters. The lowest BCUT2D eigenvalue weighted by molar-refractivity contribution is 0.0596. The SMILES string of the molecule is COC(=O)c1cn[nH]c1S(=O)(=O)N(C(=O)Nc1nc(OC)cc(OC)n1)c1cccc(C)n1. The molecule has 0 bridgehead atoms. The zero-order valence-electron chi connectivity index (χ0n) is 17.9. The Balaban J connectivity index is 2.11. The summed E-state index contributed by atoms with van der Waals surface area (Å²) in [6.07, 6.45) is 0.967. The number of aromatic nitrogens is 5. The number of H-pyrrole nitrogens is 1. The van der Waals surface area contributed by atoms with E-state index in [1.807, 2.05) is 0 Å². The number of aryl methyl sites for hydroxylation is 1. The lowest BCUT2D eigenvalue weighted by Crippen LogP contribution is -2.41. The molecule has 3 heterocycles. The van der Waals surface area contributed by atoms with E-state index in [1.165, 1.54) is 32.4 Å². The Labute approximate surface area is 188 Å². The molecule has 0 aliphatic heterocycles. The van der Waals surface area contributed by atoms with E-state index >= 15 is 0 Å². The maximum Gasteiger partial charge on any atom is 0.344 e. The minimum atomic E-state index is -4.74. The number of urea groups is 1. The van der Waals surface area contributed by atoms with Gasteiger partial charge in [-0.3, -0.25) is 10.4 Å². The molecule has 0 unspecified atom stereocenters. The molecular weight excluding hydrogens is 458 g/mol. The summed E-state index contributed by atoms with van der Waals surface area (Å²) in [5.74, 6) is -1.42. The number of methoxy groups -OCH3 is 3. The Hall–Kier alpha value is -4.27. The zero-order chi connectivity index (χ0) is 24.2. The molecule has 3 aromatic rings. The molecule has 0 aromatic carbocycles. The van der Waals surface area contributed by atoms with Gasteiger partial charge in [0, 0.05) is 5.69 Å². The van der Waals surface area contributed by atoms with Crippen LogP contribution >= 0.6 is 0 Å². The predicted octanol–water partition coefficient (Wildman–Crippen LogP) is 1.13. The summed E-state index contributed by atoms with van der Waals surface area (Å²) in [6.45, 7) is 1.61. The maximum absolute atomic E-state index is 13.5. The van der Waals surface area contributed by atoms with Crippen LogP contribution in [0.4, 0.5) is 16.6 Å². The van der Waals surface area contributed by atoms with E-state index in [4.69, 9.17) is 9.47 Å². The highest BCUT2D eigenvalue weighted by atomic mass is 32.2. The molecule has 2 amide bonds. The molecular formula is C18H19N7O7S. The van der Waals surface area contributed by atoms with E-state index in [9.17, 15) is 18.0 Å². The molecule has 0 saturated carbocycles. The van der Waals surface area contributed by atoms with E-state index in [2.05, 4.69) is 35.2 Å². The number of amides is 2. The quantitative estimate of drug-likeness (QED) is 0.466. The topological polar surface area (TPSA) is 179 Å². The normalized spacial score (nSPS) is 10.9. The van der Waals surface area contributed by atoms with Crippen molar-refractivity contribution in [1.82, 2.24) is 25.1 Å².